The Balaban J connectivity index is 1.54. The zero-order valence-corrected chi connectivity index (χ0v) is 16.0. The molecule has 0 bridgehead atoms. The van der Waals surface area contributed by atoms with Crippen LogP contribution in [0, 0.1) is 0 Å². The lowest BCUT2D eigenvalue weighted by Gasteiger charge is -2.15. The highest BCUT2D eigenvalue weighted by molar-refractivity contribution is 6.30. The molecule has 1 atom stereocenters. The molecule has 3 aromatic rings. The average Bonchev–Trinajstić information content (AvgIpc) is 2.70. The van der Waals surface area contributed by atoms with Crippen LogP contribution in [0.3, 0.4) is 0 Å². The molecule has 0 saturated heterocycles. The van der Waals surface area contributed by atoms with Gasteiger partial charge in [-0.2, -0.15) is 0 Å². The molecule has 0 saturated carbocycles. The Morgan fingerprint density at radius 3 is 2.00 bits per heavy atom. The second kappa shape index (κ2) is 9.06. The summed E-state index contributed by atoms with van der Waals surface area (Å²) in [5.41, 5.74) is 2.99. The highest BCUT2D eigenvalue weighted by atomic mass is 35.5. The van der Waals surface area contributed by atoms with Crippen molar-refractivity contribution >= 4 is 40.5 Å². The second-order valence-electron chi connectivity index (χ2n) is 6.26. The van der Waals surface area contributed by atoms with Gasteiger partial charge in [0, 0.05) is 27.6 Å². The summed E-state index contributed by atoms with van der Waals surface area (Å²) in [6.45, 7) is 1.63. The number of nitrogens with one attached hydrogen (secondary N) is 3. The van der Waals surface area contributed by atoms with Gasteiger partial charge >= 0.3 is 0 Å². The van der Waals surface area contributed by atoms with E-state index in [0.717, 1.165) is 11.4 Å². The molecule has 3 aromatic carbocycles. The maximum Gasteiger partial charge on any atom is 0.251 e. The summed E-state index contributed by atoms with van der Waals surface area (Å²) in [5, 5.41) is 9.29. The SMILES string of the molecule is CC(NC(=O)c1ccc(Cl)cc1)C(=O)Nc1ccc(Nc2ccccc2)cc1. The van der Waals surface area contributed by atoms with E-state index in [1.165, 1.54) is 0 Å². The van der Waals surface area contributed by atoms with Crippen molar-refractivity contribution in [2.24, 2.45) is 0 Å². The van der Waals surface area contributed by atoms with Crippen molar-refractivity contribution in [1.82, 2.24) is 5.32 Å². The van der Waals surface area contributed by atoms with Crippen molar-refractivity contribution in [3.05, 3.63) is 89.4 Å². The third kappa shape index (κ3) is 5.34. The first kappa shape index (κ1) is 19.5. The highest BCUT2D eigenvalue weighted by Gasteiger charge is 2.16. The van der Waals surface area contributed by atoms with Crippen molar-refractivity contribution in [3.8, 4) is 0 Å². The van der Waals surface area contributed by atoms with Crippen LogP contribution in [0.2, 0.25) is 5.02 Å². The van der Waals surface area contributed by atoms with Crippen molar-refractivity contribution in [2.75, 3.05) is 10.6 Å². The normalized spacial score (nSPS) is 11.4. The summed E-state index contributed by atoms with van der Waals surface area (Å²) < 4.78 is 0. The van der Waals surface area contributed by atoms with Crippen LogP contribution in [0.5, 0.6) is 0 Å². The van der Waals surface area contributed by atoms with Crippen LogP contribution in [-0.2, 0) is 4.79 Å². The van der Waals surface area contributed by atoms with E-state index in [-0.39, 0.29) is 11.8 Å². The molecule has 0 aliphatic heterocycles. The average molecular weight is 394 g/mol. The van der Waals surface area contributed by atoms with Gasteiger partial charge in [0.25, 0.3) is 5.91 Å². The lowest BCUT2D eigenvalue weighted by atomic mass is 10.2. The van der Waals surface area contributed by atoms with Gasteiger partial charge in [0.15, 0.2) is 0 Å². The molecule has 0 aliphatic carbocycles. The Labute approximate surface area is 168 Å². The molecular weight excluding hydrogens is 374 g/mol. The predicted molar refractivity (Wildman–Crippen MR) is 113 cm³/mol. The minimum atomic E-state index is -0.690. The van der Waals surface area contributed by atoms with Crippen molar-refractivity contribution < 1.29 is 9.59 Å². The summed E-state index contributed by atoms with van der Waals surface area (Å²) in [4.78, 5) is 24.5. The number of carbonyl (C=O) groups excluding carboxylic acids is 2. The number of carbonyl (C=O) groups is 2. The molecule has 2 amide bonds. The fourth-order valence-electron chi connectivity index (χ4n) is 2.52. The molecule has 3 rings (SSSR count). The Kier molecular flexibility index (Phi) is 6.29. The summed E-state index contributed by atoms with van der Waals surface area (Å²) >= 11 is 5.82. The first-order valence-corrected chi connectivity index (χ1v) is 9.18. The third-order valence-corrected chi connectivity index (χ3v) is 4.31. The molecule has 0 spiro atoms. The zero-order chi connectivity index (χ0) is 19.9. The molecule has 0 fully saturated rings. The third-order valence-electron chi connectivity index (χ3n) is 4.06. The summed E-state index contributed by atoms with van der Waals surface area (Å²) in [6.07, 6.45) is 0. The van der Waals surface area contributed by atoms with Crippen LogP contribution in [-0.4, -0.2) is 17.9 Å². The number of halogens is 1. The highest BCUT2D eigenvalue weighted by Crippen LogP contribution is 2.18. The zero-order valence-electron chi connectivity index (χ0n) is 15.3. The van der Waals surface area contributed by atoms with Crippen molar-refractivity contribution in [2.45, 2.75) is 13.0 Å². The van der Waals surface area contributed by atoms with Gasteiger partial charge in [-0.15, -0.1) is 0 Å². The van der Waals surface area contributed by atoms with Gasteiger partial charge in [-0.1, -0.05) is 29.8 Å². The van der Waals surface area contributed by atoms with Gasteiger partial charge < -0.3 is 16.0 Å². The smallest absolute Gasteiger partial charge is 0.251 e. The monoisotopic (exact) mass is 393 g/mol. The molecule has 0 heterocycles. The Hall–Kier alpha value is -3.31. The van der Waals surface area contributed by atoms with E-state index in [9.17, 15) is 9.59 Å². The van der Waals surface area contributed by atoms with E-state index in [0.29, 0.717) is 16.3 Å². The van der Waals surface area contributed by atoms with E-state index in [2.05, 4.69) is 16.0 Å². The molecule has 0 radical (unpaired) electrons. The predicted octanol–water partition coefficient (Wildman–Crippen LogP) is 4.84. The molecule has 3 N–H and O–H groups in total. The Bertz CT molecular complexity index is 942. The van der Waals surface area contributed by atoms with Crippen LogP contribution in [0.15, 0.2) is 78.9 Å². The number of anilines is 3. The fraction of sp³-hybridized carbons (Fsp3) is 0.0909. The van der Waals surface area contributed by atoms with E-state index in [1.807, 2.05) is 42.5 Å². The number of rotatable bonds is 6. The van der Waals surface area contributed by atoms with Crippen LogP contribution >= 0.6 is 11.6 Å². The van der Waals surface area contributed by atoms with E-state index in [4.69, 9.17) is 11.6 Å². The molecule has 5 nitrogen and oxygen atoms in total. The largest absolute Gasteiger partial charge is 0.356 e. The molecular formula is C22H20ClN3O2. The standard InChI is InChI=1S/C22H20ClN3O2/c1-15(24-22(28)16-7-9-17(23)10-8-16)21(27)26-20-13-11-19(12-14-20)25-18-5-3-2-4-6-18/h2-15,25H,1H3,(H,24,28)(H,26,27). The maximum atomic E-state index is 12.3. The number of amides is 2. The van der Waals surface area contributed by atoms with Gasteiger partial charge in [0.1, 0.15) is 6.04 Å². The van der Waals surface area contributed by atoms with Crippen molar-refractivity contribution in [3.63, 3.8) is 0 Å². The number of para-hydroxylation sites is 1. The fourth-order valence-corrected chi connectivity index (χ4v) is 2.65. The summed E-state index contributed by atoms with van der Waals surface area (Å²) in [6, 6.07) is 23.0. The van der Waals surface area contributed by atoms with E-state index >= 15 is 0 Å². The quantitative estimate of drug-likeness (QED) is 0.561. The lowest BCUT2D eigenvalue weighted by Crippen LogP contribution is -2.41. The van der Waals surface area contributed by atoms with Crippen LogP contribution in [0.4, 0.5) is 17.1 Å². The number of benzene rings is 3. The molecule has 0 aromatic heterocycles. The number of hydrogen-bond acceptors (Lipinski definition) is 3. The second-order valence-corrected chi connectivity index (χ2v) is 6.70. The molecule has 142 valence electrons. The Morgan fingerprint density at radius 1 is 0.786 bits per heavy atom. The van der Waals surface area contributed by atoms with E-state index in [1.54, 1.807) is 43.3 Å². The van der Waals surface area contributed by atoms with Gasteiger partial charge in [-0.25, -0.2) is 0 Å². The van der Waals surface area contributed by atoms with Gasteiger partial charge in [0.05, 0.1) is 0 Å². The summed E-state index contributed by atoms with van der Waals surface area (Å²) in [7, 11) is 0. The minimum absolute atomic E-state index is 0.300. The molecule has 28 heavy (non-hydrogen) atoms. The first-order valence-electron chi connectivity index (χ1n) is 8.81. The molecule has 6 heteroatoms. The van der Waals surface area contributed by atoms with Crippen molar-refractivity contribution in [1.29, 1.82) is 0 Å². The molecule has 0 aliphatic rings. The lowest BCUT2D eigenvalue weighted by molar-refractivity contribution is -0.117. The van der Waals surface area contributed by atoms with Crippen LogP contribution in [0.25, 0.3) is 0 Å². The maximum absolute atomic E-state index is 12.3. The topological polar surface area (TPSA) is 70.2 Å². The summed E-state index contributed by atoms with van der Waals surface area (Å²) in [5.74, 6) is -0.632. The van der Waals surface area contributed by atoms with E-state index < -0.39 is 6.04 Å². The van der Waals surface area contributed by atoms with Crippen LogP contribution in [0.1, 0.15) is 17.3 Å². The number of hydrogen-bond donors (Lipinski definition) is 3. The first-order chi connectivity index (χ1) is 13.5. The Morgan fingerprint density at radius 2 is 1.36 bits per heavy atom. The van der Waals surface area contributed by atoms with Crippen LogP contribution < -0.4 is 16.0 Å². The van der Waals surface area contributed by atoms with Gasteiger partial charge in [0.2, 0.25) is 5.91 Å². The minimum Gasteiger partial charge on any atom is -0.356 e. The molecule has 1 unspecified atom stereocenters. The van der Waals surface area contributed by atoms with Gasteiger partial charge in [-0.05, 0) is 67.6 Å². The van der Waals surface area contributed by atoms with Gasteiger partial charge in [-0.3, -0.25) is 9.59 Å².